The normalized spacial score (nSPS) is 37.8. The van der Waals surface area contributed by atoms with E-state index in [9.17, 15) is 9.59 Å². The Labute approximate surface area is 166 Å². The highest BCUT2D eigenvalue weighted by Gasteiger charge is 2.65. The number of carbonyl (C=O) groups excluding carboxylic acids is 2. The Balaban J connectivity index is 1.57. The Morgan fingerprint density at radius 3 is 2.93 bits per heavy atom. The van der Waals surface area contributed by atoms with Crippen molar-refractivity contribution in [1.82, 2.24) is 4.90 Å². The van der Waals surface area contributed by atoms with Crippen molar-refractivity contribution in [1.29, 1.82) is 0 Å². The van der Waals surface area contributed by atoms with Gasteiger partial charge in [-0.3, -0.25) is 4.79 Å². The van der Waals surface area contributed by atoms with Gasteiger partial charge in [0.25, 0.3) is 0 Å². The van der Waals surface area contributed by atoms with Gasteiger partial charge in [-0.2, -0.15) is 0 Å². The van der Waals surface area contributed by atoms with Crippen LogP contribution in [0, 0.1) is 17.8 Å². The van der Waals surface area contributed by atoms with Gasteiger partial charge in [-0.05, 0) is 45.4 Å². The summed E-state index contributed by atoms with van der Waals surface area (Å²) in [7, 11) is 1.86. The van der Waals surface area contributed by atoms with E-state index in [4.69, 9.17) is 19.2 Å². The molecule has 0 saturated heterocycles. The number of rotatable bonds is 4. The van der Waals surface area contributed by atoms with E-state index in [0.29, 0.717) is 31.8 Å². The number of ether oxygens (including phenoxy) is 3. The van der Waals surface area contributed by atoms with Gasteiger partial charge in [0, 0.05) is 32.0 Å². The van der Waals surface area contributed by atoms with E-state index in [-0.39, 0.29) is 42.5 Å². The highest BCUT2D eigenvalue weighted by atomic mass is 16.7. The van der Waals surface area contributed by atoms with Crippen LogP contribution in [-0.2, 0) is 23.8 Å². The van der Waals surface area contributed by atoms with Gasteiger partial charge in [0.15, 0.2) is 11.4 Å². The van der Waals surface area contributed by atoms with Crippen LogP contribution in [-0.4, -0.2) is 61.3 Å². The first kappa shape index (κ1) is 19.6. The first-order chi connectivity index (χ1) is 13.5. The van der Waals surface area contributed by atoms with E-state index in [1.807, 2.05) is 18.9 Å². The number of hydrogen-bond donors (Lipinski definition) is 0. The summed E-state index contributed by atoms with van der Waals surface area (Å²) in [6, 6.07) is 0. The van der Waals surface area contributed by atoms with Gasteiger partial charge in [0.1, 0.15) is 6.79 Å². The fourth-order valence-corrected chi connectivity index (χ4v) is 4.64. The Morgan fingerprint density at radius 2 is 2.11 bits per heavy atom. The third-order valence-electron chi connectivity index (χ3n) is 6.45. The highest BCUT2D eigenvalue weighted by Crippen LogP contribution is 2.53. The molecule has 2 aliphatic carbocycles. The zero-order chi connectivity index (χ0) is 19.7. The lowest BCUT2D eigenvalue weighted by molar-refractivity contribution is -0.138. The minimum absolute atomic E-state index is 0.0900. The molecule has 2 fully saturated rings. The summed E-state index contributed by atoms with van der Waals surface area (Å²) in [6.07, 6.45) is 9.07. The third kappa shape index (κ3) is 3.62. The molecule has 4 rings (SSSR count). The minimum atomic E-state index is -0.736. The van der Waals surface area contributed by atoms with Crippen LogP contribution in [0.25, 0.3) is 0 Å². The molecule has 2 bridgehead atoms. The Bertz CT molecular complexity index is 690. The quantitative estimate of drug-likeness (QED) is 0.319. The van der Waals surface area contributed by atoms with Crippen molar-refractivity contribution in [2.45, 2.75) is 57.1 Å². The van der Waals surface area contributed by atoms with E-state index < -0.39 is 5.54 Å². The van der Waals surface area contributed by atoms with Crippen LogP contribution in [0.15, 0.2) is 17.1 Å². The minimum Gasteiger partial charge on any atom is -0.410 e. The van der Waals surface area contributed by atoms with Crippen LogP contribution in [0.5, 0.6) is 0 Å². The Hall–Kier alpha value is -1.73. The summed E-state index contributed by atoms with van der Waals surface area (Å²) in [4.78, 5) is 32.3. The smallest absolute Gasteiger partial charge is 0.341 e. The standard InChI is InChI=1S/C21H30N2O5/c1-3-26-13-27-15-10-16-17(11-15)19(24)23(2)9-7-5-4-6-8-14-12-21(14)20(25)28-18(16)22-21/h6,8,14-17H,3-5,7,9-13H2,1-2H3/t14-,15-,16-,17-,21-/m1/s1. The lowest BCUT2D eigenvalue weighted by Crippen LogP contribution is -2.37. The van der Waals surface area contributed by atoms with Crippen molar-refractivity contribution < 1.29 is 23.8 Å². The second-order valence-corrected chi connectivity index (χ2v) is 8.34. The number of hydrogen-bond acceptors (Lipinski definition) is 6. The van der Waals surface area contributed by atoms with Crippen LogP contribution in [0.3, 0.4) is 0 Å². The van der Waals surface area contributed by atoms with Crippen molar-refractivity contribution in [3.8, 4) is 0 Å². The molecule has 0 aromatic carbocycles. The van der Waals surface area contributed by atoms with Crippen LogP contribution in [0.2, 0.25) is 0 Å². The molecule has 0 N–H and O–H groups in total. The molecule has 7 heteroatoms. The van der Waals surface area contributed by atoms with Gasteiger partial charge in [-0.15, -0.1) is 0 Å². The second-order valence-electron chi connectivity index (χ2n) is 8.34. The number of esters is 1. The van der Waals surface area contributed by atoms with E-state index in [2.05, 4.69) is 12.2 Å². The molecule has 0 radical (unpaired) electrons. The molecule has 1 amide bonds. The molecule has 5 atom stereocenters. The van der Waals surface area contributed by atoms with Crippen molar-refractivity contribution >= 4 is 17.8 Å². The van der Waals surface area contributed by atoms with Gasteiger partial charge in [-0.25, -0.2) is 9.79 Å². The second kappa shape index (κ2) is 7.95. The number of amides is 1. The Kier molecular flexibility index (Phi) is 5.56. The SMILES string of the molecule is CCOCO[C@H]1C[C@H]2C(=O)N(C)CCCCC=C[C@@H]3C[C@@]34N=C(OC4=O)[C@@H]2C1. The van der Waals surface area contributed by atoms with Gasteiger partial charge >= 0.3 is 5.97 Å². The molecular weight excluding hydrogens is 360 g/mol. The molecule has 0 aromatic heterocycles. The number of aliphatic imine (C=N–C) groups is 1. The fraction of sp³-hybridized carbons (Fsp3) is 0.762. The number of nitrogens with zero attached hydrogens (tertiary/aromatic N) is 2. The summed E-state index contributed by atoms with van der Waals surface area (Å²) in [5, 5.41) is 0. The predicted molar refractivity (Wildman–Crippen MR) is 103 cm³/mol. The van der Waals surface area contributed by atoms with Gasteiger partial charge < -0.3 is 19.1 Å². The molecule has 7 nitrogen and oxygen atoms in total. The predicted octanol–water partition coefficient (Wildman–Crippen LogP) is 2.30. The van der Waals surface area contributed by atoms with Crippen molar-refractivity contribution in [2.24, 2.45) is 22.7 Å². The van der Waals surface area contributed by atoms with Gasteiger partial charge in [-0.1, -0.05) is 12.2 Å². The topological polar surface area (TPSA) is 77.4 Å². The zero-order valence-corrected chi connectivity index (χ0v) is 16.8. The average molecular weight is 390 g/mol. The molecule has 154 valence electrons. The summed E-state index contributed by atoms with van der Waals surface area (Å²) in [5.74, 6) is -0.0830. The van der Waals surface area contributed by atoms with E-state index in [1.54, 1.807) is 0 Å². The first-order valence-electron chi connectivity index (χ1n) is 10.5. The molecule has 2 saturated carbocycles. The van der Waals surface area contributed by atoms with Gasteiger partial charge in [0.05, 0.1) is 12.0 Å². The lowest BCUT2D eigenvalue weighted by atomic mass is 9.94. The molecule has 1 spiro atoms. The van der Waals surface area contributed by atoms with Crippen molar-refractivity contribution in [2.75, 3.05) is 27.0 Å². The van der Waals surface area contributed by atoms with Crippen LogP contribution >= 0.6 is 0 Å². The largest absolute Gasteiger partial charge is 0.410 e. The summed E-state index contributed by atoms with van der Waals surface area (Å²) in [6.45, 7) is 3.46. The number of fused-ring (bicyclic) bond motifs is 2. The third-order valence-corrected chi connectivity index (χ3v) is 6.45. The summed E-state index contributed by atoms with van der Waals surface area (Å²) in [5.41, 5.74) is -0.736. The molecule has 28 heavy (non-hydrogen) atoms. The Morgan fingerprint density at radius 1 is 1.29 bits per heavy atom. The molecule has 4 aliphatic rings. The molecule has 2 heterocycles. The molecule has 0 aromatic rings. The molecular formula is C21H30N2O5. The first-order valence-corrected chi connectivity index (χ1v) is 10.5. The van der Waals surface area contributed by atoms with E-state index >= 15 is 0 Å². The lowest BCUT2D eigenvalue weighted by Gasteiger charge is -2.24. The maximum Gasteiger partial charge on any atom is 0.341 e. The van der Waals surface area contributed by atoms with Crippen LogP contribution in [0.4, 0.5) is 0 Å². The van der Waals surface area contributed by atoms with E-state index in [0.717, 1.165) is 25.8 Å². The zero-order valence-electron chi connectivity index (χ0n) is 16.8. The molecule has 2 aliphatic heterocycles. The fourth-order valence-electron chi connectivity index (χ4n) is 4.64. The highest BCUT2D eigenvalue weighted by molar-refractivity contribution is 6.04. The number of carbonyl (C=O) groups is 2. The maximum absolute atomic E-state index is 13.1. The van der Waals surface area contributed by atoms with Crippen LogP contribution in [0.1, 0.15) is 45.4 Å². The van der Waals surface area contributed by atoms with Gasteiger partial charge in [0.2, 0.25) is 5.91 Å². The van der Waals surface area contributed by atoms with Crippen molar-refractivity contribution in [3.05, 3.63) is 12.2 Å². The van der Waals surface area contributed by atoms with E-state index in [1.165, 1.54) is 0 Å². The maximum atomic E-state index is 13.1. The summed E-state index contributed by atoms with van der Waals surface area (Å²) < 4.78 is 16.8. The monoisotopic (exact) mass is 390 g/mol. The summed E-state index contributed by atoms with van der Waals surface area (Å²) >= 11 is 0. The molecule has 0 unspecified atom stereocenters. The van der Waals surface area contributed by atoms with Crippen molar-refractivity contribution in [3.63, 3.8) is 0 Å². The number of allylic oxidation sites excluding steroid dienone is 1. The van der Waals surface area contributed by atoms with Crippen LogP contribution < -0.4 is 0 Å². The average Bonchev–Trinajstić information content (AvgIpc) is 3.04.